The van der Waals surface area contributed by atoms with Crippen molar-refractivity contribution in [3.63, 3.8) is 0 Å². The lowest BCUT2D eigenvalue weighted by Crippen LogP contribution is -2.08. The van der Waals surface area contributed by atoms with Gasteiger partial charge in [-0.25, -0.2) is 4.79 Å². The van der Waals surface area contributed by atoms with E-state index < -0.39 is 5.97 Å². The highest BCUT2D eigenvalue weighted by atomic mass is 16.4. The highest BCUT2D eigenvalue weighted by Crippen LogP contribution is 2.14. The zero-order valence-electron chi connectivity index (χ0n) is 17.1. The minimum absolute atomic E-state index is 0.0901. The third-order valence-corrected chi connectivity index (χ3v) is 4.50. The van der Waals surface area contributed by atoms with E-state index in [2.05, 4.69) is 43.4 Å². The molecule has 0 aliphatic heterocycles. The number of rotatable bonds is 15. The Morgan fingerprint density at radius 3 is 1.89 bits per heavy atom. The van der Waals surface area contributed by atoms with Gasteiger partial charge in [-0.1, -0.05) is 74.4 Å². The van der Waals surface area contributed by atoms with Gasteiger partial charge in [0.25, 0.3) is 0 Å². The fraction of sp³-hybridized carbons (Fsp3) is 0.440. The summed E-state index contributed by atoms with van der Waals surface area (Å²) in [6, 6.07) is 6.42. The van der Waals surface area contributed by atoms with Crippen LogP contribution < -0.4 is 0 Å². The highest BCUT2D eigenvalue weighted by molar-refractivity contribution is 6.05. The van der Waals surface area contributed by atoms with Gasteiger partial charge in [0.15, 0.2) is 5.78 Å². The number of aromatic carboxylic acids is 1. The van der Waals surface area contributed by atoms with Crippen LogP contribution in [0, 0.1) is 0 Å². The second-order valence-electron chi connectivity index (χ2n) is 6.90. The summed E-state index contributed by atoms with van der Waals surface area (Å²) in [6.45, 7) is 2.22. The fourth-order valence-corrected chi connectivity index (χ4v) is 2.89. The van der Waals surface area contributed by atoms with Gasteiger partial charge >= 0.3 is 5.97 Å². The molecule has 0 amide bonds. The molecule has 0 heterocycles. The highest BCUT2D eigenvalue weighted by Gasteiger charge is 2.14. The lowest BCUT2D eigenvalue weighted by Gasteiger charge is -2.04. The second-order valence-corrected chi connectivity index (χ2v) is 6.90. The van der Waals surface area contributed by atoms with Crippen molar-refractivity contribution in [2.45, 2.75) is 71.1 Å². The maximum absolute atomic E-state index is 12.2. The number of hydrogen-bond donors (Lipinski definition) is 1. The molecule has 0 aliphatic rings. The molecular weight excluding hydrogens is 348 g/mol. The molecule has 0 saturated carbocycles. The molecule has 0 aliphatic carbocycles. The molecule has 152 valence electrons. The monoisotopic (exact) mass is 382 g/mol. The minimum Gasteiger partial charge on any atom is -0.478 e. The smallest absolute Gasteiger partial charge is 0.336 e. The topological polar surface area (TPSA) is 54.4 Å². The van der Waals surface area contributed by atoms with Crippen LogP contribution in [-0.2, 0) is 0 Å². The number of carboxylic acids is 1. The number of ketones is 1. The van der Waals surface area contributed by atoms with Crippen molar-refractivity contribution < 1.29 is 14.7 Å². The Kier molecular flexibility index (Phi) is 13.2. The fourth-order valence-electron chi connectivity index (χ4n) is 2.89. The first-order valence-corrected chi connectivity index (χ1v) is 10.5. The summed E-state index contributed by atoms with van der Waals surface area (Å²) in [7, 11) is 0. The molecular formula is C25H34O3. The number of hydrogen-bond acceptors (Lipinski definition) is 2. The molecule has 0 bridgehead atoms. The number of unbranched alkanes of at least 4 members (excludes halogenated alkanes) is 5. The van der Waals surface area contributed by atoms with E-state index in [0.29, 0.717) is 12.0 Å². The Labute approximate surface area is 169 Å². The summed E-state index contributed by atoms with van der Waals surface area (Å²) in [4.78, 5) is 23.4. The van der Waals surface area contributed by atoms with Crippen LogP contribution in [0.3, 0.4) is 0 Å². The standard InChI is InChI=1S/C25H34O3/c1-2-3-4-5-6-7-8-9-10-11-12-13-14-15-16-21-24(26)22-19-17-18-20-23(22)25(27)28/h6-7,9-10,12-13,17-20H,2-5,8,11,14-16,21H2,1H3,(H,27,28)/b7-6-,10-9-,13-12-. The predicted octanol–water partition coefficient (Wildman–Crippen LogP) is 7.16. The predicted molar refractivity (Wildman–Crippen MR) is 117 cm³/mol. The van der Waals surface area contributed by atoms with E-state index in [0.717, 1.165) is 32.1 Å². The number of carboxylic acid groups (broad SMARTS) is 1. The van der Waals surface area contributed by atoms with Gasteiger partial charge < -0.3 is 5.11 Å². The van der Waals surface area contributed by atoms with Gasteiger partial charge in [-0.3, -0.25) is 4.79 Å². The maximum atomic E-state index is 12.2. The average molecular weight is 383 g/mol. The van der Waals surface area contributed by atoms with E-state index in [1.54, 1.807) is 18.2 Å². The Morgan fingerprint density at radius 1 is 0.786 bits per heavy atom. The first-order valence-electron chi connectivity index (χ1n) is 10.5. The van der Waals surface area contributed by atoms with Crippen LogP contribution in [0.15, 0.2) is 60.7 Å². The van der Waals surface area contributed by atoms with Gasteiger partial charge in [0, 0.05) is 12.0 Å². The van der Waals surface area contributed by atoms with Crippen LogP contribution in [0.5, 0.6) is 0 Å². The summed E-state index contributed by atoms with van der Waals surface area (Å²) >= 11 is 0. The Morgan fingerprint density at radius 2 is 1.32 bits per heavy atom. The van der Waals surface area contributed by atoms with Crippen LogP contribution in [0.1, 0.15) is 91.8 Å². The van der Waals surface area contributed by atoms with Crippen molar-refractivity contribution in [2.75, 3.05) is 0 Å². The number of carbonyl (C=O) groups is 2. The normalized spacial score (nSPS) is 11.8. The number of allylic oxidation sites excluding steroid dienone is 6. The van der Waals surface area contributed by atoms with Gasteiger partial charge in [0.1, 0.15) is 0 Å². The van der Waals surface area contributed by atoms with Crippen molar-refractivity contribution >= 4 is 11.8 Å². The van der Waals surface area contributed by atoms with Crippen molar-refractivity contribution in [3.8, 4) is 0 Å². The molecule has 1 N–H and O–H groups in total. The lowest BCUT2D eigenvalue weighted by molar-refractivity contribution is 0.0691. The van der Waals surface area contributed by atoms with Crippen LogP contribution in [0.2, 0.25) is 0 Å². The van der Waals surface area contributed by atoms with Crippen molar-refractivity contribution in [2.24, 2.45) is 0 Å². The summed E-state index contributed by atoms with van der Waals surface area (Å²) in [5.74, 6) is -1.14. The van der Waals surface area contributed by atoms with Crippen molar-refractivity contribution in [3.05, 3.63) is 71.8 Å². The van der Waals surface area contributed by atoms with E-state index in [-0.39, 0.29) is 11.3 Å². The molecule has 0 saturated heterocycles. The summed E-state index contributed by atoms with van der Waals surface area (Å²) in [6.07, 6.45) is 23.2. The molecule has 0 aromatic heterocycles. The number of benzene rings is 1. The minimum atomic E-state index is -1.05. The molecule has 3 heteroatoms. The van der Waals surface area contributed by atoms with E-state index in [1.807, 2.05) is 0 Å². The molecule has 28 heavy (non-hydrogen) atoms. The van der Waals surface area contributed by atoms with Gasteiger partial charge in [-0.2, -0.15) is 0 Å². The number of Topliss-reactive ketones (excluding diaryl/α,β-unsaturated/α-hetero) is 1. The van der Waals surface area contributed by atoms with E-state index in [9.17, 15) is 9.59 Å². The second kappa shape index (κ2) is 15.6. The zero-order valence-corrected chi connectivity index (χ0v) is 17.1. The van der Waals surface area contributed by atoms with E-state index >= 15 is 0 Å². The van der Waals surface area contributed by atoms with Gasteiger partial charge in [-0.05, 0) is 51.0 Å². The van der Waals surface area contributed by atoms with Crippen LogP contribution in [0.25, 0.3) is 0 Å². The quantitative estimate of drug-likeness (QED) is 0.199. The summed E-state index contributed by atoms with van der Waals surface area (Å²) in [5, 5.41) is 9.15. The third kappa shape index (κ3) is 10.7. The molecule has 1 aromatic carbocycles. The molecule has 3 nitrogen and oxygen atoms in total. The van der Waals surface area contributed by atoms with Crippen molar-refractivity contribution in [1.29, 1.82) is 0 Å². The molecule has 0 atom stereocenters. The van der Waals surface area contributed by atoms with Crippen LogP contribution in [0.4, 0.5) is 0 Å². The molecule has 0 spiro atoms. The Bertz CT molecular complexity index is 668. The first kappa shape index (κ1) is 23.6. The Balaban J connectivity index is 2.12. The molecule has 1 rings (SSSR count). The SMILES string of the molecule is CCCCC/C=C\C/C=C\C/C=C\CCCCC(=O)c1ccccc1C(=O)O. The van der Waals surface area contributed by atoms with Crippen molar-refractivity contribution in [1.82, 2.24) is 0 Å². The van der Waals surface area contributed by atoms with E-state index in [4.69, 9.17) is 5.11 Å². The van der Waals surface area contributed by atoms with Gasteiger partial charge in [0.2, 0.25) is 0 Å². The zero-order chi connectivity index (χ0) is 20.5. The lowest BCUT2D eigenvalue weighted by atomic mass is 9.99. The van der Waals surface area contributed by atoms with Gasteiger partial charge in [-0.15, -0.1) is 0 Å². The number of carbonyl (C=O) groups excluding carboxylic acids is 1. The molecule has 0 radical (unpaired) electrons. The molecule has 1 aromatic rings. The maximum Gasteiger partial charge on any atom is 0.336 e. The van der Waals surface area contributed by atoms with Crippen LogP contribution in [-0.4, -0.2) is 16.9 Å². The molecule has 0 unspecified atom stereocenters. The Hall–Kier alpha value is -2.42. The summed E-state index contributed by atoms with van der Waals surface area (Å²) in [5.41, 5.74) is 0.407. The molecule has 0 fully saturated rings. The van der Waals surface area contributed by atoms with Crippen LogP contribution >= 0.6 is 0 Å². The largest absolute Gasteiger partial charge is 0.478 e. The summed E-state index contributed by atoms with van der Waals surface area (Å²) < 4.78 is 0. The first-order chi connectivity index (χ1) is 13.7. The van der Waals surface area contributed by atoms with Gasteiger partial charge in [0.05, 0.1) is 5.56 Å². The average Bonchev–Trinajstić information content (AvgIpc) is 2.70. The third-order valence-electron chi connectivity index (χ3n) is 4.50. The van der Waals surface area contributed by atoms with E-state index in [1.165, 1.54) is 31.7 Å².